The van der Waals surface area contributed by atoms with E-state index in [0.29, 0.717) is 17.1 Å². The van der Waals surface area contributed by atoms with Crippen LogP contribution in [-0.2, 0) is 4.79 Å². The molecule has 1 amide bonds. The van der Waals surface area contributed by atoms with Crippen LogP contribution < -0.4 is 11.5 Å². The zero-order valence-corrected chi connectivity index (χ0v) is 10.5. The van der Waals surface area contributed by atoms with Gasteiger partial charge in [-0.05, 0) is 12.1 Å². The molecule has 2 aromatic rings. The van der Waals surface area contributed by atoms with E-state index in [1.807, 2.05) is 0 Å². The summed E-state index contributed by atoms with van der Waals surface area (Å²) in [6.45, 7) is 0. The molecular weight excluding hydrogens is 262 g/mol. The van der Waals surface area contributed by atoms with Gasteiger partial charge >= 0.3 is 0 Å². The molecule has 0 spiro atoms. The number of carbonyl (C=O) groups excluding carboxylic acids is 1. The molecule has 7 nitrogen and oxygen atoms in total. The van der Waals surface area contributed by atoms with Crippen molar-refractivity contribution in [3.05, 3.63) is 52.3 Å². The number of rotatable bonds is 5. The van der Waals surface area contributed by atoms with Gasteiger partial charge in [0.1, 0.15) is 11.5 Å². The first-order chi connectivity index (χ1) is 9.47. The predicted molar refractivity (Wildman–Crippen MR) is 71.5 cm³/mol. The van der Waals surface area contributed by atoms with Crippen LogP contribution in [0.1, 0.15) is 18.2 Å². The number of furan rings is 1. The molecule has 0 saturated heterocycles. The first-order valence-electron chi connectivity index (χ1n) is 5.86. The van der Waals surface area contributed by atoms with Crippen molar-refractivity contribution in [1.82, 2.24) is 0 Å². The van der Waals surface area contributed by atoms with Crippen molar-refractivity contribution in [3.8, 4) is 11.3 Å². The summed E-state index contributed by atoms with van der Waals surface area (Å²) in [5, 5.41) is 10.7. The van der Waals surface area contributed by atoms with Gasteiger partial charge in [0.25, 0.3) is 5.69 Å². The molecule has 0 aliphatic carbocycles. The van der Waals surface area contributed by atoms with Gasteiger partial charge in [-0.2, -0.15) is 0 Å². The fourth-order valence-corrected chi connectivity index (χ4v) is 1.80. The summed E-state index contributed by atoms with van der Waals surface area (Å²) in [7, 11) is 0. The summed E-state index contributed by atoms with van der Waals surface area (Å²) in [6.07, 6.45) is -0.0259. The average molecular weight is 275 g/mol. The minimum atomic E-state index is -0.625. The molecule has 20 heavy (non-hydrogen) atoms. The first kappa shape index (κ1) is 13.8. The van der Waals surface area contributed by atoms with E-state index in [1.54, 1.807) is 24.3 Å². The maximum atomic E-state index is 10.8. The van der Waals surface area contributed by atoms with E-state index < -0.39 is 16.9 Å². The van der Waals surface area contributed by atoms with Crippen LogP contribution in [0, 0.1) is 10.1 Å². The summed E-state index contributed by atoms with van der Waals surface area (Å²) < 4.78 is 5.51. The fourth-order valence-electron chi connectivity index (χ4n) is 1.80. The minimum Gasteiger partial charge on any atom is -0.459 e. The molecule has 0 radical (unpaired) electrons. The second kappa shape index (κ2) is 5.54. The maximum absolute atomic E-state index is 10.8. The van der Waals surface area contributed by atoms with Gasteiger partial charge in [0, 0.05) is 24.1 Å². The molecule has 0 fully saturated rings. The number of nitro groups is 1. The van der Waals surface area contributed by atoms with Gasteiger partial charge in [-0.3, -0.25) is 14.9 Å². The molecule has 0 saturated carbocycles. The van der Waals surface area contributed by atoms with Crippen LogP contribution in [0.25, 0.3) is 11.3 Å². The van der Waals surface area contributed by atoms with Gasteiger partial charge in [0.15, 0.2) is 0 Å². The second-order valence-corrected chi connectivity index (χ2v) is 4.29. The Balaban J connectivity index is 2.26. The smallest absolute Gasteiger partial charge is 0.270 e. The summed E-state index contributed by atoms with van der Waals surface area (Å²) in [5.74, 6) is 0.333. The molecule has 1 aromatic carbocycles. The van der Waals surface area contributed by atoms with Gasteiger partial charge in [-0.15, -0.1) is 0 Å². The zero-order chi connectivity index (χ0) is 14.7. The Kier molecular flexibility index (Phi) is 3.81. The number of primary amides is 1. The quantitative estimate of drug-likeness (QED) is 0.634. The maximum Gasteiger partial charge on any atom is 0.270 e. The van der Waals surface area contributed by atoms with Crippen molar-refractivity contribution in [2.45, 2.75) is 12.5 Å². The molecule has 1 unspecified atom stereocenters. The van der Waals surface area contributed by atoms with Gasteiger partial charge in [0.05, 0.1) is 11.0 Å². The van der Waals surface area contributed by atoms with Crippen molar-refractivity contribution in [3.63, 3.8) is 0 Å². The van der Waals surface area contributed by atoms with Crippen molar-refractivity contribution < 1.29 is 14.1 Å². The molecule has 1 atom stereocenters. The molecule has 4 N–H and O–H groups in total. The summed E-state index contributed by atoms with van der Waals surface area (Å²) in [5.41, 5.74) is 11.4. The lowest BCUT2D eigenvalue weighted by molar-refractivity contribution is -0.384. The number of benzene rings is 1. The lowest BCUT2D eigenvalue weighted by Crippen LogP contribution is -2.20. The molecule has 0 aliphatic heterocycles. The highest BCUT2D eigenvalue weighted by Gasteiger charge is 2.15. The van der Waals surface area contributed by atoms with E-state index in [9.17, 15) is 14.9 Å². The number of carbonyl (C=O) groups is 1. The fraction of sp³-hybridized carbons (Fsp3) is 0.154. The summed E-state index contributed by atoms with van der Waals surface area (Å²) in [6, 6.07) is 8.71. The first-order valence-corrected chi connectivity index (χ1v) is 5.86. The van der Waals surface area contributed by atoms with Crippen LogP contribution in [0.5, 0.6) is 0 Å². The number of hydrogen-bond acceptors (Lipinski definition) is 5. The molecule has 0 aliphatic rings. The van der Waals surface area contributed by atoms with Crippen molar-refractivity contribution in [2.24, 2.45) is 11.5 Å². The van der Waals surface area contributed by atoms with E-state index in [1.165, 1.54) is 12.1 Å². The SMILES string of the molecule is NC(=O)CC(N)c1ccc(-c2cccc([N+](=O)[O-])c2)o1. The number of nitro benzene ring substituents is 1. The zero-order valence-electron chi connectivity index (χ0n) is 10.5. The highest BCUT2D eigenvalue weighted by molar-refractivity contribution is 5.74. The lowest BCUT2D eigenvalue weighted by Gasteiger charge is -2.05. The topological polar surface area (TPSA) is 125 Å². The van der Waals surface area contributed by atoms with E-state index in [0.717, 1.165) is 0 Å². The Morgan fingerprint density at radius 2 is 2.10 bits per heavy atom. The standard InChI is InChI=1S/C13H13N3O4/c14-10(7-13(15)17)12-5-4-11(20-12)8-2-1-3-9(6-8)16(18)19/h1-6,10H,7,14H2,(H2,15,17). The highest BCUT2D eigenvalue weighted by Crippen LogP contribution is 2.28. The summed E-state index contributed by atoms with van der Waals surface area (Å²) in [4.78, 5) is 21.0. The van der Waals surface area contributed by atoms with Crippen LogP contribution in [0.4, 0.5) is 5.69 Å². The van der Waals surface area contributed by atoms with E-state index in [4.69, 9.17) is 15.9 Å². The summed E-state index contributed by atoms with van der Waals surface area (Å²) >= 11 is 0. The molecule has 7 heteroatoms. The highest BCUT2D eigenvalue weighted by atomic mass is 16.6. The molecule has 1 heterocycles. The lowest BCUT2D eigenvalue weighted by atomic mass is 10.1. The number of nitrogens with zero attached hydrogens (tertiary/aromatic N) is 1. The molecule has 1 aromatic heterocycles. The normalized spacial score (nSPS) is 12.1. The number of amides is 1. The van der Waals surface area contributed by atoms with Crippen LogP contribution in [0.3, 0.4) is 0 Å². The molecule has 0 bridgehead atoms. The van der Waals surface area contributed by atoms with Crippen LogP contribution in [0.2, 0.25) is 0 Å². The third kappa shape index (κ3) is 3.01. The Hall–Kier alpha value is -2.67. The van der Waals surface area contributed by atoms with Crippen molar-refractivity contribution >= 4 is 11.6 Å². The van der Waals surface area contributed by atoms with Crippen molar-refractivity contribution in [2.75, 3.05) is 0 Å². The number of nitrogens with two attached hydrogens (primary N) is 2. The van der Waals surface area contributed by atoms with Crippen molar-refractivity contribution in [1.29, 1.82) is 0 Å². The van der Waals surface area contributed by atoms with E-state index >= 15 is 0 Å². The molecule has 104 valence electrons. The van der Waals surface area contributed by atoms with E-state index in [2.05, 4.69) is 0 Å². The third-order valence-corrected chi connectivity index (χ3v) is 2.75. The van der Waals surface area contributed by atoms with Gasteiger partial charge in [-0.1, -0.05) is 12.1 Å². The number of non-ortho nitro benzene ring substituents is 1. The Labute approximate surface area is 114 Å². The van der Waals surface area contributed by atoms with E-state index in [-0.39, 0.29) is 12.1 Å². The van der Waals surface area contributed by atoms with Crippen LogP contribution in [-0.4, -0.2) is 10.8 Å². The largest absolute Gasteiger partial charge is 0.459 e. The van der Waals surface area contributed by atoms with Crippen LogP contribution >= 0.6 is 0 Å². The Morgan fingerprint density at radius 1 is 1.35 bits per heavy atom. The second-order valence-electron chi connectivity index (χ2n) is 4.29. The molecule has 2 rings (SSSR count). The Bertz CT molecular complexity index is 651. The monoisotopic (exact) mass is 275 g/mol. The Morgan fingerprint density at radius 3 is 2.75 bits per heavy atom. The average Bonchev–Trinajstić information content (AvgIpc) is 2.87. The van der Waals surface area contributed by atoms with Gasteiger partial charge < -0.3 is 15.9 Å². The molecular formula is C13H13N3O4. The predicted octanol–water partition coefficient (Wildman–Crippen LogP) is 1.73. The van der Waals surface area contributed by atoms with Gasteiger partial charge in [-0.25, -0.2) is 0 Å². The van der Waals surface area contributed by atoms with Crippen LogP contribution in [0.15, 0.2) is 40.8 Å². The number of hydrogen-bond donors (Lipinski definition) is 2. The minimum absolute atomic E-state index is 0.0259. The van der Waals surface area contributed by atoms with Gasteiger partial charge in [0.2, 0.25) is 5.91 Å². The third-order valence-electron chi connectivity index (χ3n) is 2.75.